The van der Waals surface area contributed by atoms with Gasteiger partial charge in [-0.15, -0.1) is 0 Å². The highest BCUT2D eigenvalue weighted by molar-refractivity contribution is 5.77. The van der Waals surface area contributed by atoms with Crippen molar-refractivity contribution in [1.82, 2.24) is 5.32 Å². The summed E-state index contributed by atoms with van der Waals surface area (Å²) in [5, 5.41) is 3.56. The van der Waals surface area contributed by atoms with Crippen molar-refractivity contribution >= 4 is 5.97 Å². The molecule has 2 aliphatic heterocycles. The standard InChI is InChI=1S/C20H28FNO5/c1-6-24-15-8-7-13(9-14(15)21)26-17(23)16-10-25-20(27-16)11-18(2,3)22-19(4,5)12-20/h7-9,16,22H,6,10-12H2,1-5H3. The SMILES string of the molecule is CCOc1ccc(OC(=O)C2COC3(CC(C)(C)NC(C)(C)C3)O2)cc1F. The number of hydrogen-bond acceptors (Lipinski definition) is 6. The van der Waals surface area contributed by atoms with Gasteiger partial charge in [-0.3, -0.25) is 0 Å². The Hall–Kier alpha value is -1.70. The minimum absolute atomic E-state index is 0.108. The molecule has 2 aliphatic rings. The summed E-state index contributed by atoms with van der Waals surface area (Å²) in [7, 11) is 0. The molecule has 0 saturated carbocycles. The number of ether oxygens (including phenoxy) is 4. The van der Waals surface area contributed by atoms with E-state index < -0.39 is 23.7 Å². The number of rotatable bonds is 4. The summed E-state index contributed by atoms with van der Waals surface area (Å²) in [4.78, 5) is 12.5. The number of nitrogens with one attached hydrogen (secondary N) is 1. The molecule has 1 unspecified atom stereocenters. The normalized spacial score (nSPS) is 25.3. The van der Waals surface area contributed by atoms with Crippen molar-refractivity contribution in [2.75, 3.05) is 13.2 Å². The maximum absolute atomic E-state index is 13.9. The Morgan fingerprint density at radius 2 is 1.93 bits per heavy atom. The van der Waals surface area contributed by atoms with E-state index in [0.29, 0.717) is 19.4 Å². The van der Waals surface area contributed by atoms with Crippen molar-refractivity contribution in [3.63, 3.8) is 0 Å². The second-order valence-corrected chi connectivity index (χ2v) is 8.52. The van der Waals surface area contributed by atoms with Crippen LogP contribution in [0.25, 0.3) is 0 Å². The molecule has 1 atom stereocenters. The van der Waals surface area contributed by atoms with Gasteiger partial charge in [0.05, 0.1) is 13.2 Å². The fraction of sp³-hybridized carbons (Fsp3) is 0.650. The highest BCUT2D eigenvalue weighted by atomic mass is 19.1. The molecule has 0 aromatic heterocycles. The van der Waals surface area contributed by atoms with E-state index in [1.807, 2.05) is 0 Å². The lowest BCUT2D eigenvalue weighted by molar-refractivity contribution is -0.216. The molecule has 1 N–H and O–H groups in total. The Morgan fingerprint density at radius 1 is 1.26 bits per heavy atom. The van der Waals surface area contributed by atoms with Crippen LogP contribution in [0.1, 0.15) is 47.5 Å². The molecular formula is C20H28FNO5. The highest BCUT2D eigenvalue weighted by Crippen LogP contribution is 2.43. The zero-order valence-corrected chi connectivity index (χ0v) is 16.6. The Labute approximate surface area is 159 Å². The second-order valence-electron chi connectivity index (χ2n) is 8.52. The molecule has 150 valence electrons. The van der Waals surface area contributed by atoms with E-state index in [1.165, 1.54) is 12.1 Å². The van der Waals surface area contributed by atoms with Crippen LogP contribution in [0.4, 0.5) is 4.39 Å². The van der Waals surface area contributed by atoms with Gasteiger partial charge >= 0.3 is 5.97 Å². The molecule has 0 radical (unpaired) electrons. The quantitative estimate of drug-likeness (QED) is 0.638. The summed E-state index contributed by atoms with van der Waals surface area (Å²) in [6, 6.07) is 4.06. The van der Waals surface area contributed by atoms with Gasteiger partial charge in [0.2, 0.25) is 0 Å². The van der Waals surface area contributed by atoms with E-state index in [2.05, 4.69) is 33.0 Å². The summed E-state index contributed by atoms with van der Waals surface area (Å²) >= 11 is 0. The number of halogens is 1. The van der Waals surface area contributed by atoms with Crippen molar-refractivity contribution in [3.05, 3.63) is 24.0 Å². The van der Waals surface area contributed by atoms with Crippen LogP contribution in [0.15, 0.2) is 18.2 Å². The molecule has 0 aliphatic carbocycles. The lowest BCUT2D eigenvalue weighted by Crippen LogP contribution is -2.64. The summed E-state index contributed by atoms with van der Waals surface area (Å²) in [5.74, 6) is -1.77. The molecule has 1 aromatic carbocycles. The maximum Gasteiger partial charge on any atom is 0.343 e. The fourth-order valence-corrected chi connectivity index (χ4v) is 4.27. The first kappa shape index (κ1) is 20.0. The molecule has 27 heavy (non-hydrogen) atoms. The molecule has 2 fully saturated rings. The van der Waals surface area contributed by atoms with E-state index in [1.54, 1.807) is 6.92 Å². The van der Waals surface area contributed by atoms with E-state index >= 15 is 0 Å². The van der Waals surface area contributed by atoms with Crippen LogP contribution < -0.4 is 14.8 Å². The van der Waals surface area contributed by atoms with Crippen molar-refractivity contribution in [2.24, 2.45) is 0 Å². The van der Waals surface area contributed by atoms with Gasteiger partial charge in [0.1, 0.15) is 5.75 Å². The van der Waals surface area contributed by atoms with Crippen LogP contribution in [0.3, 0.4) is 0 Å². The molecule has 0 amide bonds. The third kappa shape index (κ3) is 4.59. The Kier molecular flexibility index (Phi) is 5.22. The average Bonchev–Trinajstić information content (AvgIpc) is 2.89. The molecular weight excluding hydrogens is 353 g/mol. The van der Waals surface area contributed by atoms with Gasteiger partial charge in [0.25, 0.3) is 0 Å². The fourth-order valence-electron chi connectivity index (χ4n) is 4.27. The molecule has 2 heterocycles. The van der Waals surface area contributed by atoms with Crippen molar-refractivity contribution in [1.29, 1.82) is 0 Å². The van der Waals surface area contributed by atoms with Gasteiger partial charge in [-0.2, -0.15) is 0 Å². The largest absolute Gasteiger partial charge is 0.491 e. The lowest BCUT2D eigenvalue weighted by atomic mass is 9.78. The van der Waals surface area contributed by atoms with Gasteiger partial charge in [-0.25, -0.2) is 9.18 Å². The first-order valence-electron chi connectivity index (χ1n) is 9.28. The van der Waals surface area contributed by atoms with Gasteiger partial charge in [0, 0.05) is 30.0 Å². The van der Waals surface area contributed by atoms with Gasteiger partial charge in [0.15, 0.2) is 23.5 Å². The second kappa shape index (κ2) is 7.04. The average molecular weight is 381 g/mol. The highest BCUT2D eigenvalue weighted by Gasteiger charge is 2.54. The third-order valence-electron chi connectivity index (χ3n) is 4.64. The Balaban J connectivity index is 1.66. The molecule has 7 heteroatoms. The molecule has 1 aromatic rings. The minimum Gasteiger partial charge on any atom is -0.491 e. The zero-order valence-electron chi connectivity index (χ0n) is 16.6. The van der Waals surface area contributed by atoms with Crippen LogP contribution in [-0.2, 0) is 14.3 Å². The van der Waals surface area contributed by atoms with E-state index in [9.17, 15) is 9.18 Å². The summed E-state index contributed by atoms with van der Waals surface area (Å²) in [6.07, 6.45) is 0.389. The smallest absolute Gasteiger partial charge is 0.343 e. The van der Waals surface area contributed by atoms with Crippen LogP contribution in [-0.4, -0.2) is 42.2 Å². The number of carbonyl (C=O) groups excluding carboxylic acids is 1. The van der Waals surface area contributed by atoms with Crippen molar-refractivity contribution in [2.45, 2.75) is 70.4 Å². The van der Waals surface area contributed by atoms with Crippen LogP contribution in [0.2, 0.25) is 0 Å². The van der Waals surface area contributed by atoms with Gasteiger partial charge in [-0.1, -0.05) is 0 Å². The van der Waals surface area contributed by atoms with Gasteiger partial charge < -0.3 is 24.3 Å². The van der Waals surface area contributed by atoms with E-state index in [0.717, 1.165) is 6.07 Å². The van der Waals surface area contributed by atoms with Crippen LogP contribution >= 0.6 is 0 Å². The molecule has 0 bridgehead atoms. The Bertz CT molecular complexity index is 702. The van der Waals surface area contributed by atoms with Crippen molar-refractivity contribution in [3.8, 4) is 11.5 Å². The molecule has 6 nitrogen and oxygen atoms in total. The van der Waals surface area contributed by atoms with Gasteiger partial charge in [-0.05, 0) is 46.8 Å². The zero-order chi connectivity index (χ0) is 19.9. The monoisotopic (exact) mass is 381 g/mol. The summed E-state index contributed by atoms with van der Waals surface area (Å²) < 4.78 is 36.4. The Morgan fingerprint density at radius 3 is 2.52 bits per heavy atom. The van der Waals surface area contributed by atoms with E-state index in [4.69, 9.17) is 18.9 Å². The van der Waals surface area contributed by atoms with Crippen LogP contribution in [0, 0.1) is 5.82 Å². The predicted molar refractivity (Wildman–Crippen MR) is 97.3 cm³/mol. The third-order valence-corrected chi connectivity index (χ3v) is 4.64. The number of hydrogen-bond donors (Lipinski definition) is 1. The molecule has 2 saturated heterocycles. The summed E-state index contributed by atoms with van der Waals surface area (Å²) in [6.45, 7) is 10.6. The molecule has 1 spiro atoms. The topological polar surface area (TPSA) is 66.0 Å². The molecule has 3 rings (SSSR count). The van der Waals surface area contributed by atoms with Crippen molar-refractivity contribution < 1.29 is 28.1 Å². The van der Waals surface area contributed by atoms with Crippen LogP contribution in [0.5, 0.6) is 11.5 Å². The number of esters is 1. The maximum atomic E-state index is 13.9. The number of carbonyl (C=O) groups is 1. The number of piperidine rings is 1. The lowest BCUT2D eigenvalue weighted by Gasteiger charge is -2.50. The first-order chi connectivity index (χ1) is 12.5. The predicted octanol–water partition coefficient (Wildman–Crippen LogP) is 3.18. The number of benzene rings is 1. The van der Waals surface area contributed by atoms with E-state index in [-0.39, 0.29) is 29.2 Å². The minimum atomic E-state index is -0.843. The summed E-state index contributed by atoms with van der Waals surface area (Å²) in [5.41, 5.74) is -0.391. The first-order valence-corrected chi connectivity index (χ1v) is 9.28.